The minimum absolute atomic E-state index is 0.386. The number of hydrogen-bond acceptors (Lipinski definition) is 5. The highest BCUT2D eigenvalue weighted by atomic mass is 32.1. The lowest BCUT2D eigenvalue weighted by molar-refractivity contribution is 0.0603. The van der Waals surface area contributed by atoms with Gasteiger partial charge < -0.3 is 15.4 Å². The number of esters is 1. The molecule has 4 rings (SSSR count). The Kier molecular flexibility index (Phi) is 7.33. The lowest BCUT2D eigenvalue weighted by Gasteiger charge is -2.12. The van der Waals surface area contributed by atoms with Crippen molar-refractivity contribution in [1.29, 1.82) is 0 Å². The van der Waals surface area contributed by atoms with Gasteiger partial charge in [-0.15, -0.1) is 11.3 Å². The van der Waals surface area contributed by atoms with Crippen molar-refractivity contribution in [2.75, 3.05) is 17.7 Å². The molecule has 4 aromatic rings. The van der Waals surface area contributed by atoms with Gasteiger partial charge in [0.05, 0.1) is 30.7 Å². The van der Waals surface area contributed by atoms with Crippen LogP contribution in [0.15, 0.2) is 54.6 Å². The van der Waals surface area contributed by atoms with Crippen molar-refractivity contribution < 1.29 is 9.53 Å². The van der Waals surface area contributed by atoms with Crippen LogP contribution < -0.4 is 10.6 Å². The molecule has 2 aromatic carbocycles. The number of aromatic nitrogens is 2. The molecule has 0 radical (unpaired) electrons. The molecule has 0 saturated carbocycles. The van der Waals surface area contributed by atoms with Gasteiger partial charge in [0.15, 0.2) is 5.11 Å². The van der Waals surface area contributed by atoms with Crippen molar-refractivity contribution in [1.82, 2.24) is 9.78 Å². The van der Waals surface area contributed by atoms with Gasteiger partial charge in [-0.05, 0) is 51.0 Å². The zero-order valence-electron chi connectivity index (χ0n) is 20.4. The molecule has 0 fully saturated rings. The Morgan fingerprint density at radius 1 is 1.03 bits per heavy atom. The summed E-state index contributed by atoms with van der Waals surface area (Å²) in [6.07, 6.45) is 0. The summed E-state index contributed by atoms with van der Waals surface area (Å²) in [5.41, 5.74) is 7.38. The summed E-state index contributed by atoms with van der Waals surface area (Å²) in [5.74, 6) is -0.406. The number of thiocarbonyl (C=S) groups is 1. The molecule has 8 heteroatoms. The number of thiophene rings is 1. The van der Waals surface area contributed by atoms with Gasteiger partial charge in [-0.3, -0.25) is 4.68 Å². The monoisotopic (exact) mass is 504 g/mol. The maximum absolute atomic E-state index is 12.8. The van der Waals surface area contributed by atoms with Crippen molar-refractivity contribution in [3.63, 3.8) is 0 Å². The third-order valence-corrected chi connectivity index (χ3v) is 7.06. The number of carbonyl (C=O) groups excluding carboxylic acids is 1. The summed E-state index contributed by atoms with van der Waals surface area (Å²) in [5, 5.41) is 12.2. The first-order valence-corrected chi connectivity index (χ1v) is 12.5. The van der Waals surface area contributed by atoms with Crippen molar-refractivity contribution in [2.45, 2.75) is 34.2 Å². The molecular formula is C27H28N4O2S2. The van der Waals surface area contributed by atoms with Crippen molar-refractivity contribution in [3.05, 3.63) is 87.6 Å². The van der Waals surface area contributed by atoms with E-state index in [0.29, 0.717) is 22.2 Å². The molecule has 0 aliphatic rings. The van der Waals surface area contributed by atoms with Crippen LogP contribution in [0.2, 0.25) is 0 Å². The molecule has 0 aliphatic heterocycles. The Morgan fingerprint density at radius 2 is 1.71 bits per heavy atom. The number of nitrogens with zero attached hydrogens (tertiary/aromatic N) is 2. The number of nitrogens with one attached hydrogen (secondary N) is 2. The third kappa shape index (κ3) is 5.28. The lowest BCUT2D eigenvalue weighted by Crippen LogP contribution is -2.21. The van der Waals surface area contributed by atoms with Crippen molar-refractivity contribution in [3.8, 4) is 11.1 Å². The smallest absolute Gasteiger partial charge is 0.341 e. The first-order valence-electron chi connectivity index (χ1n) is 11.2. The Labute approximate surface area is 215 Å². The highest BCUT2D eigenvalue weighted by molar-refractivity contribution is 7.80. The van der Waals surface area contributed by atoms with Crippen LogP contribution in [0.3, 0.4) is 0 Å². The second-order valence-corrected chi connectivity index (χ2v) is 10.00. The fourth-order valence-corrected chi connectivity index (χ4v) is 5.37. The fraction of sp³-hybridized carbons (Fsp3) is 0.222. The van der Waals surface area contributed by atoms with Gasteiger partial charge in [-0.1, -0.05) is 60.2 Å². The van der Waals surface area contributed by atoms with Gasteiger partial charge in [0.2, 0.25) is 0 Å². The molecule has 0 saturated heterocycles. The number of ether oxygens (including phenoxy) is 1. The van der Waals surface area contributed by atoms with Crippen LogP contribution >= 0.6 is 23.6 Å². The van der Waals surface area contributed by atoms with E-state index < -0.39 is 5.97 Å². The molecule has 0 atom stereocenters. The van der Waals surface area contributed by atoms with E-state index in [-0.39, 0.29) is 0 Å². The number of carbonyl (C=O) groups is 1. The molecular weight excluding hydrogens is 476 g/mol. The largest absolute Gasteiger partial charge is 0.465 e. The Morgan fingerprint density at radius 3 is 2.37 bits per heavy atom. The van der Waals surface area contributed by atoms with Gasteiger partial charge in [-0.2, -0.15) is 5.10 Å². The van der Waals surface area contributed by atoms with Gasteiger partial charge in [-0.25, -0.2) is 4.79 Å². The molecule has 0 bridgehead atoms. The SMILES string of the molecule is COC(=O)c1c(NC(=S)Nc2c(C)nn(Cc3ccc(C)cc3)c2C)sc(C)c1-c1ccccc1. The topological polar surface area (TPSA) is 68.2 Å². The summed E-state index contributed by atoms with van der Waals surface area (Å²) in [6.45, 7) is 8.71. The second kappa shape index (κ2) is 10.4. The van der Waals surface area contributed by atoms with Gasteiger partial charge in [0, 0.05) is 10.4 Å². The maximum Gasteiger partial charge on any atom is 0.341 e. The van der Waals surface area contributed by atoms with Crippen LogP contribution in [-0.2, 0) is 11.3 Å². The number of aryl methyl sites for hydroxylation is 3. The molecule has 35 heavy (non-hydrogen) atoms. The van der Waals surface area contributed by atoms with Crippen molar-refractivity contribution in [2.24, 2.45) is 0 Å². The van der Waals surface area contributed by atoms with Crippen LogP contribution in [-0.4, -0.2) is 28.0 Å². The molecule has 6 nitrogen and oxygen atoms in total. The highest BCUT2D eigenvalue weighted by Gasteiger charge is 2.25. The predicted octanol–water partition coefficient (Wildman–Crippen LogP) is 6.49. The van der Waals surface area contributed by atoms with Crippen molar-refractivity contribution >= 4 is 45.3 Å². The number of benzene rings is 2. The summed E-state index contributed by atoms with van der Waals surface area (Å²) < 4.78 is 7.07. The number of hydrogen-bond donors (Lipinski definition) is 2. The van der Waals surface area contributed by atoms with Crippen LogP contribution in [0.1, 0.15) is 37.7 Å². The number of rotatable bonds is 6. The number of methoxy groups -OCH3 is 1. The van der Waals surface area contributed by atoms with Gasteiger partial charge in [0.1, 0.15) is 10.6 Å². The second-order valence-electron chi connectivity index (χ2n) is 8.36. The van der Waals surface area contributed by atoms with Gasteiger partial charge >= 0.3 is 5.97 Å². The average Bonchev–Trinajstić information content (AvgIpc) is 3.30. The molecule has 2 aromatic heterocycles. The Bertz CT molecular complexity index is 1370. The third-order valence-electron chi connectivity index (χ3n) is 5.84. The Balaban J connectivity index is 1.58. The number of anilines is 2. The quantitative estimate of drug-likeness (QED) is 0.231. The van der Waals surface area contributed by atoms with E-state index in [4.69, 9.17) is 22.1 Å². The molecule has 0 unspecified atom stereocenters. The molecule has 0 spiro atoms. The van der Waals surface area contributed by atoms with E-state index >= 15 is 0 Å². The normalized spacial score (nSPS) is 10.8. The van der Waals surface area contributed by atoms with E-state index in [0.717, 1.165) is 33.1 Å². The summed E-state index contributed by atoms with van der Waals surface area (Å²) >= 11 is 7.11. The van der Waals surface area contributed by atoms with E-state index in [1.807, 2.05) is 55.8 Å². The zero-order chi connectivity index (χ0) is 25.1. The minimum Gasteiger partial charge on any atom is -0.465 e. The summed E-state index contributed by atoms with van der Waals surface area (Å²) in [6, 6.07) is 18.2. The summed E-state index contributed by atoms with van der Waals surface area (Å²) in [7, 11) is 1.39. The average molecular weight is 505 g/mol. The molecule has 0 aliphatic carbocycles. The maximum atomic E-state index is 12.8. The lowest BCUT2D eigenvalue weighted by atomic mass is 10.0. The van der Waals surface area contributed by atoms with E-state index in [1.54, 1.807) is 0 Å². The first kappa shape index (κ1) is 24.6. The van der Waals surface area contributed by atoms with E-state index in [9.17, 15) is 4.79 Å². The highest BCUT2D eigenvalue weighted by Crippen LogP contribution is 2.40. The first-order chi connectivity index (χ1) is 16.8. The standard InChI is InChI=1S/C27H28N4O2S2/c1-16-11-13-20(14-12-16)15-31-18(3)24(17(2)30-31)28-27(34)29-25-23(26(32)33-5)22(19(4)35-25)21-9-7-6-8-10-21/h6-14H,15H2,1-5H3,(H2,28,29,34). The zero-order valence-corrected chi connectivity index (χ0v) is 22.1. The van der Waals surface area contributed by atoms with Gasteiger partial charge in [0.25, 0.3) is 0 Å². The molecule has 2 heterocycles. The van der Waals surface area contributed by atoms with Crippen LogP contribution in [0, 0.1) is 27.7 Å². The molecule has 2 N–H and O–H groups in total. The van der Waals surface area contributed by atoms with Crippen LogP contribution in [0.25, 0.3) is 11.1 Å². The van der Waals surface area contributed by atoms with E-state index in [2.05, 4.69) is 41.8 Å². The van der Waals surface area contributed by atoms with Crippen LogP contribution in [0.4, 0.5) is 10.7 Å². The molecule has 0 amide bonds. The summed E-state index contributed by atoms with van der Waals surface area (Å²) in [4.78, 5) is 13.8. The van der Waals surface area contributed by atoms with Crippen LogP contribution in [0.5, 0.6) is 0 Å². The Hall–Kier alpha value is -3.49. The molecule has 180 valence electrons. The minimum atomic E-state index is -0.406. The fourth-order valence-electron chi connectivity index (χ4n) is 4.03. The predicted molar refractivity (Wildman–Crippen MR) is 148 cm³/mol. The van der Waals surface area contributed by atoms with E-state index in [1.165, 1.54) is 29.6 Å².